The number of ether oxygens (including phenoxy) is 1. The van der Waals surface area contributed by atoms with E-state index in [2.05, 4.69) is 0 Å². The van der Waals surface area contributed by atoms with Crippen molar-refractivity contribution in [3.8, 4) is 5.75 Å². The number of aliphatic hydroxyl groups excluding tert-OH is 1. The van der Waals surface area contributed by atoms with Crippen LogP contribution in [0.1, 0.15) is 17.2 Å². The lowest BCUT2D eigenvalue weighted by Crippen LogP contribution is -2.15. The van der Waals surface area contributed by atoms with E-state index in [1.165, 1.54) is 13.2 Å². The molecule has 14 heavy (non-hydrogen) atoms. The summed E-state index contributed by atoms with van der Waals surface area (Å²) in [6, 6.07) is 2.62. The second-order valence-electron chi connectivity index (χ2n) is 3.14. The van der Waals surface area contributed by atoms with Crippen LogP contribution in [0.15, 0.2) is 12.1 Å². The van der Waals surface area contributed by atoms with Gasteiger partial charge in [-0.3, -0.25) is 0 Å². The highest BCUT2D eigenvalue weighted by Gasteiger charge is 2.11. The molecular formula is C10H14FNO2. The van der Waals surface area contributed by atoms with Crippen LogP contribution in [0.4, 0.5) is 4.39 Å². The van der Waals surface area contributed by atoms with Gasteiger partial charge in [0.25, 0.3) is 0 Å². The molecule has 0 amide bonds. The Morgan fingerprint density at radius 1 is 1.57 bits per heavy atom. The summed E-state index contributed by atoms with van der Waals surface area (Å²) in [5.41, 5.74) is 6.74. The second-order valence-corrected chi connectivity index (χ2v) is 3.14. The lowest BCUT2D eigenvalue weighted by atomic mass is 10.0. The summed E-state index contributed by atoms with van der Waals surface area (Å²) in [7, 11) is 1.39. The first-order valence-corrected chi connectivity index (χ1v) is 4.30. The van der Waals surface area contributed by atoms with Crippen molar-refractivity contribution < 1.29 is 14.2 Å². The molecule has 1 unspecified atom stereocenters. The van der Waals surface area contributed by atoms with Crippen LogP contribution < -0.4 is 10.5 Å². The summed E-state index contributed by atoms with van der Waals surface area (Å²) in [6.45, 7) is 1.46. The number of hydrogen-bond acceptors (Lipinski definition) is 3. The summed E-state index contributed by atoms with van der Waals surface area (Å²) >= 11 is 0. The van der Waals surface area contributed by atoms with E-state index in [4.69, 9.17) is 15.6 Å². The summed E-state index contributed by atoms with van der Waals surface area (Å²) in [5, 5.41) is 8.85. The Hall–Kier alpha value is -1.13. The van der Waals surface area contributed by atoms with E-state index in [1.807, 2.05) is 0 Å². The molecule has 0 saturated carbocycles. The van der Waals surface area contributed by atoms with Crippen molar-refractivity contribution in [2.75, 3.05) is 13.7 Å². The van der Waals surface area contributed by atoms with Crippen LogP contribution in [0.3, 0.4) is 0 Å². The smallest absolute Gasteiger partial charge is 0.167 e. The van der Waals surface area contributed by atoms with Crippen molar-refractivity contribution in [2.45, 2.75) is 13.0 Å². The van der Waals surface area contributed by atoms with E-state index in [9.17, 15) is 4.39 Å². The molecule has 1 aromatic rings. The van der Waals surface area contributed by atoms with Gasteiger partial charge in [-0.2, -0.15) is 0 Å². The lowest BCUT2D eigenvalue weighted by Gasteiger charge is -2.12. The van der Waals surface area contributed by atoms with Crippen LogP contribution in [0.5, 0.6) is 5.75 Å². The molecule has 1 aromatic carbocycles. The van der Waals surface area contributed by atoms with Gasteiger partial charge in [-0.05, 0) is 24.1 Å². The molecule has 0 bridgehead atoms. The standard InChI is InChI=1S/C10H14FNO2/c1-6-3-7(8(12)5-13)4-9(14-2)10(6)11/h3-4,8,13H,5,12H2,1-2H3. The van der Waals surface area contributed by atoms with E-state index in [0.717, 1.165) is 0 Å². The van der Waals surface area contributed by atoms with Crippen LogP contribution in [-0.2, 0) is 0 Å². The summed E-state index contributed by atoms with van der Waals surface area (Å²) in [6.07, 6.45) is 0. The van der Waals surface area contributed by atoms with Gasteiger partial charge in [0.15, 0.2) is 11.6 Å². The largest absolute Gasteiger partial charge is 0.494 e. The van der Waals surface area contributed by atoms with Gasteiger partial charge < -0.3 is 15.6 Å². The molecule has 0 aliphatic rings. The number of methoxy groups -OCH3 is 1. The van der Waals surface area contributed by atoms with Crippen molar-refractivity contribution in [1.29, 1.82) is 0 Å². The number of benzene rings is 1. The van der Waals surface area contributed by atoms with E-state index in [0.29, 0.717) is 11.1 Å². The van der Waals surface area contributed by atoms with Crippen molar-refractivity contribution in [1.82, 2.24) is 0 Å². The highest BCUT2D eigenvalue weighted by atomic mass is 19.1. The Kier molecular flexibility index (Phi) is 3.43. The van der Waals surface area contributed by atoms with E-state index >= 15 is 0 Å². The third kappa shape index (κ3) is 2.02. The monoisotopic (exact) mass is 199 g/mol. The maximum atomic E-state index is 13.3. The second kappa shape index (κ2) is 4.39. The van der Waals surface area contributed by atoms with Gasteiger partial charge in [-0.15, -0.1) is 0 Å². The predicted molar refractivity (Wildman–Crippen MR) is 51.7 cm³/mol. The number of aliphatic hydroxyl groups is 1. The van der Waals surface area contributed by atoms with Crippen LogP contribution in [-0.4, -0.2) is 18.8 Å². The molecule has 1 rings (SSSR count). The molecule has 0 heterocycles. The zero-order valence-corrected chi connectivity index (χ0v) is 8.25. The highest BCUT2D eigenvalue weighted by Crippen LogP contribution is 2.24. The number of aryl methyl sites for hydroxylation is 1. The number of nitrogens with two attached hydrogens (primary N) is 1. The Bertz CT molecular complexity index is 328. The molecule has 4 heteroatoms. The van der Waals surface area contributed by atoms with Gasteiger partial charge in [0.2, 0.25) is 0 Å². The van der Waals surface area contributed by atoms with Crippen molar-refractivity contribution in [3.05, 3.63) is 29.1 Å². The normalized spacial score (nSPS) is 12.6. The molecule has 0 aliphatic carbocycles. The highest BCUT2D eigenvalue weighted by molar-refractivity contribution is 5.37. The first kappa shape index (κ1) is 10.9. The summed E-state index contributed by atoms with van der Waals surface area (Å²) < 4.78 is 18.2. The number of hydrogen-bond donors (Lipinski definition) is 2. The maximum absolute atomic E-state index is 13.3. The minimum Gasteiger partial charge on any atom is -0.494 e. The molecule has 0 aliphatic heterocycles. The fraction of sp³-hybridized carbons (Fsp3) is 0.400. The van der Waals surface area contributed by atoms with Gasteiger partial charge in [-0.1, -0.05) is 6.07 Å². The molecule has 0 fully saturated rings. The lowest BCUT2D eigenvalue weighted by molar-refractivity contribution is 0.267. The topological polar surface area (TPSA) is 55.5 Å². The Balaban J connectivity index is 3.16. The minimum atomic E-state index is -0.497. The first-order valence-electron chi connectivity index (χ1n) is 4.30. The quantitative estimate of drug-likeness (QED) is 0.767. The SMILES string of the molecule is COc1cc(C(N)CO)cc(C)c1F. The predicted octanol–water partition coefficient (Wildman–Crippen LogP) is 1.13. The number of halogens is 1. The molecule has 0 aromatic heterocycles. The van der Waals surface area contributed by atoms with E-state index in [-0.39, 0.29) is 18.2 Å². The molecular weight excluding hydrogens is 185 g/mol. The third-order valence-electron chi connectivity index (χ3n) is 2.09. The summed E-state index contributed by atoms with van der Waals surface area (Å²) in [5.74, 6) is -0.231. The average Bonchev–Trinajstić information content (AvgIpc) is 2.20. The zero-order valence-electron chi connectivity index (χ0n) is 8.25. The molecule has 0 saturated heterocycles. The van der Waals surface area contributed by atoms with E-state index in [1.54, 1.807) is 13.0 Å². The molecule has 3 N–H and O–H groups in total. The third-order valence-corrected chi connectivity index (χ3v) is 2.09. The fourth-order valence-electron chi connectivity index (χ4n) is 1.23. The van der Waals surface area contributed by atoms with Gasteiger partial charge >= 0.3 is 0 Å². The van der Waals surface area contributed by atoms with Crippen LogP contribution in [0.2, 0.25) is 0 Å². The molecule has 3 nitrogen and oxygen atoms in total. The number of rotatable bonds is 3. The van der Waals surface area contributed by atoms with Gasteiger partial charge in [-0.25, -0.2) is 4.39 Å². The van der Waals surface area contributed by atoms with Crippen molar-refractivity contribution in [2.24, 2.45) is 5.73 Å². The van der Waals surface area contributed by atoms with Crippen LogP contribution in [0, 0.1) is 12.7 Å². The van der Waals surface area contributed by atoms with Crippen molar-refractivity contribution in [3.63, 3.8) is 0 Å². The zero-order chi connectivity index (χ0) is 10.7. The van der Waals surface area contributed by atoms with Gasteiger partial charge in [0, 0.05) is 0 Å². The molecule has 1 atom stereocenters. The average molecular weight is 199 g/mol. The molecule has 0 spiro atoms. The molecule has 0 radical (unpaired) electrons. The Morgan fingerprint density at radius 2 is 2.21 bits per heavy atom. The fourth-order valence-corrected chi connectivity index (χ4v) is 1.23. The van der Waals surface area contributed by atoms with Crippen molar-refractivity contribution >= 4 is 0 Å². The van der Waals surface area contributed by atoms with Gasteiger partial charge in [0.1, 0.15) is 0 Å². The van der Waals surface area contributed by atoms with Crippen LogP contribution >= 0.6 is 0 Å². The minimum absolute atomic E-state index is 0.156. The Labute approximate surface area is 82.3 Å². The first-order chi connectivity index (χ1) is 6.60. The summed E-state index contributed by atoms with van der Waals surface area (Å²) in [4.78, 5) is 0. The van der Waals surface area contributed by atoms with E-state index < -0.39 is 6.04 Å². The molecule has 78 valence electrons. The van der Waals surface area contributed by atoms with Crippen LogP contribution in [0.25, 0.3) is 0 Å². The Morgan fingerprint density at radius 3 is 2.71 bits per heavy atom. The van der Waals surface area contributed by atoms with Gasteiger partial charge in [0.05, 0.1) is 19.8 Å². The maximum Gasteiger partial charge on any atom is 0.167 e.